The van der Waals surface area contributed by atoms with Gasteiger partial charge in [-0.2, -0.15) is 13.2 Å². The lowest BCUT2D eigenvalue weighted by molar-refractivity contribution is -0.138. The van der Waals surface area contributed by atoms with Crippen LogP contribution < -0.4 is 0 Å². The maximum atomic E-state index is 12.6. The molecule has 2 atom stereocenters. The Labute approximate surface area is 136 Å². The predicted octanol–water partition coefficient (Wildman–Crippen LogP) is 2.76. The van der Waals surface area contributed by atoms with Gasteiger partial charge in [-0.25, -0.2) is 0 Å². The lowest BCUT2D eigenvalue weighted by atomic mass is 10.1. The van der Waals surface area contributed by atoms with Gasteiger partial charge in [0.05, 0.1) is 10.8 Å². The van der Waals surface area contributed by atoms with Crippen molar-refractivity contribution in [2.24, 2.45) is 0 Å². The lowest BCUT2D eigenvalue weighted by Gasteiger charge is -2.25. The van der Waals surface area contributed by atoms with Crippen LogP contribution in [0.5, 0.6) is 0 Å². The molecule has 0 saturated carbocycles. The van der Waals surface area contributed by atoms with Crippen LogP contribution in [0.3, 0.4) is 0 Å². The fraction of sp³-hybridized carbons (Fsp3) is 0.467. The zero-order chi connectivity index (χ0) is 17.4. The number of alkyl halides is 3. The van der Waals surface area contributed by atoms with Gasteiger partial charge in [-0.15, -0.1) is 11.8 Å². The Balaban J connectivity index is 2.25. The summed E-state index contributed by atoms with van der Waals surface area (Å²) in [6.45, 7) is 1.64. The van der Waals surface area contributed by atoms with Crippen LogP contribution in [0.25, 0.3) is 0 Å². The third kappa shape index (κ3) is 3.80. The fourth-order valence-electron chi connectivity index (χ4n) is 2.22. The first kappa shape index (κ1) is 17.7. The average Bonchev–Trinajstić information content (AvgIpc) is 2.74. The highest BCUT2D eigenvalue weighted by Crippen LogP contribution is 2.43. The van der Waals surface area contributed by atoms with Crippen molar-refractivity contribution in [3.63, 3.8) is 0 Å². The number of hydrogen-bond acceptors (Lipinski definition) is 3. The minimum atomic E-state index is -4.40. The first-order valence-electron chi connectivity index (χ1n) is 6.94. The number of amides is 2. The molecule has 8 heteroatoms. The predicted molar refractivity (Wildman–Crippen MR) is 81.6 cm³/mol. The standard InChI is InChI=1S/C15H17F3N2O2S/c1-9-13(22)20(8-12(21)19(2)3)14(23-9)10-4-6-11(7-5-10)15(16,17)18/h4-7,9,14H,8H2,1-3H3. The normalized spacial score (nSPS) is 21.7. The fourth-order valence-corrected chi connectivity index (χ4v) is 3.50. The number of carbonyl (C=O) groups excluding carboxylic acids is 2. The van der Waals surface area contributed by atoms with Crippen molar-refractivity contribution in [2.45, 2.75) is 23.7 Å². The second-order valence-electron chi connectivity index (χ2n) is 5.50. The van der Waals surface area contributed by atoms with E-state index < -0.39 is 17.1 Å². The summed E-state index contributed by atoms with van der Waals surface area (Å²) < 4.78 is 37.9. The molecule has 2 amide bonds. The Morgan fingerprint density at radius 1 is 1.26 bits per heavy atom. The van der Waals surface area contributed by atoms with Crippen LogP contribution in [-0.4, -0.2) is 47.5 Å². The highest BCUT2D eigenvalue weighted by molar-refractivity contribution is 8.01. The molecule has 1 aromatic carbocycles. The molecule has 1 aliphatic rings. The van der Waals surface area contributed by atoms with Crippen LogP contribution in [0.15, 0.2) is 24.3 Å². The number of thioether (sulfide) groups is 1. The van der Waals surface area contributed by atoms with E-state index in [0.29, 0.717) is 5.56 Å². The van der Waals surface area contributed by atoms with Gasteiger partial charge in [-0.05, 0) is 24.6 Å². The Hall–Kier alpha value is -1.70. The molecular formula is C15H17F3N2O2S. The third-order valence-electron chi connectivity index (χ3n) is 3.57. The first-order chi connectivity index (χ1) is 10.6. The molecule has 126 valence electrons. The van der Waals surface area contributed by atoms with Gasteiger partial charge in [0, 0.05) is 14.1 Å². The average molecular weight is 346 g/mol. The van der Waals surface area contributed by atoms with E-state index in [0.717, 1.165) is 12.1 Å². The molecule has 1 saturated heterocycles. The van der Waals surface area contributed by atoms with Crippen LogP contribution in [0.1, 0.15) is 23.4 Å². The lowest BCUT2D eigenvalue weighted by Crippen LogP contribution is -2.39. The van der Waals surface area contributed by atoms with E-state index in [-0.39, 0.29) is 23.6 Å². The van der Waals surface area contributed by atoms with Gasteiger partial charge in [0.25, 0.3) is 0 Å². The van der Waals surface area contributed by atoms with Gasteiger partial charge in [0.15, 0.2) is 0 Å². The SMILES string of the molecule is CC1SC(c2ccc(C(F)(F)F)cc2)N(CC(=O)N(C)C)C1=O. The molecule has 23 heavy (non-hydrogen) atoms. The molecule has 0 N–H and O–H groups in total. The molecule has 4 nitrogen and oxygen atoms in total. The highest BCUT2D eigenvalue weighted by atomic mass is 32.2. The van der Waals surface area contributed by atoms with Gasteiger partial charge in [-0.1, -0.05) is 12.1 Å². The number of halogens is 3. The number of benzene rings is 1. The minimum absolute atomic E-state index is 0.0884. The van der Waals surface area contributed by atoms with Gasteiger partial charge < -0.3 is 9.80 Å². The van der Waals surface area contributed by atoms with Crippen LogP contribution in [0.2, 0.25) is 0 Å². The van der Waals surface area contributed by atoms with Gasteiger partial charge in [0.1, 0.15) is 11.9 Å². The Morgan fingerprint density at radius 2 is 1.83 bits per heavy atom. The number of likely N-dealkylation sites (N-methyl/N-ethyl adjacent to an activating group) is 1. The molecular weight excluding hydrogens is 329 g/mol. The van der Waals surface area contributed by atoms with Gasteiger partial charge >= 0.3 is 6.18 Å². The topological polar surface area (TPSA) is 40.6 Å². The summed E-state index contributed by atoms with van der Waals surface area (Å²) in [5.41, 5.74) is -0.160. The zero-order valence-corrected chi connectivity index (χ0v) is 13.7. The van der Waals surface area contributed by atoms with Crippen molar-refractivity contribution in [2.75, 3.05) is 20.6 Å². The number of nitrogens with zero attached hydrogens (tertiary/aromatic N) is 2. The van der Waals surface area contributed by atoms with E-state index in [4.69, 9.17) is 0 Å². The molecule has 0 radical (unpaired) electrons. The summed E-state index contributed by atoms with van der Waals surface area (Å²) in [4.78, 5) is 26.9. The molecule has 1 heterocycles. The van der Waals surface area contributed by atoms with Crippen LogP contribution >= 0.6 is 11.8 Å². The second kappa shape index (κ2) is 6.43. The van der Waals surface area contributed by atoms with Crippen molar-refractivity contribution in [1.82, 2.24) is 9.80 Å². The summed E-state index contributed by atoms with van der Waals surface area (Å²) in [7, 11) is 3.18. The minimum Gasteiger partial charge on any atom is -0.347 e. The smallest absolute Gasteiger partial charge is 0.347 e. The largest absolute Gasteiger partial charge is 0.416 e. The molecule has 2 unspecified atom stereocenters. The van der Waals surface area contributed by atoms with Gasteiger partial charge in [0.2, 0.25) is 11.8 Å². The van der Waals surface area contributed by atoms with Crippen molar-refractivity contribution in [3.8, 4) is 0 Å². The summed E-state index contributed by atoms with van der Waals surface area (Å²) in [5, 5.41) is -0.791. The molecule has 0 bridgehead atoms. The zero-order valence-electron chi connectivity index (χ0n) is 12.9. The van der Waals surface area contributed by atoms with Gasteiger partial charge in [-0.3, -0.25) is 9.59 Å². The molecule has 2 rings (SSSR count). The van der Waals surface area contributed by atoms with E-state index in [1.54, 1.807) is 21.0 Å². The summed E-state index contributed by atoms with van der Waals surface area (Å²) in [6, 6.07) is 4.71. The quantitative estimate of drug-likeness (QED) is 0.845. The molecule has 1 aliphatic heterocycles. The van der Waals surface area contributed by atoms with E-state index in [9.17, 15) is 22.8 Å². The summed E-state index contributed by atoms with van der Waals surface area (Å²) >= 11 is 1.33. The van der Waals surface area contributed by atoms with Crippen molar-refractivity contribution >= 4 is 23.6 Å². The Kier molecular flexibility index (Phi) is 4.93. The van der Waals surface area contributed by atoms with Crippen molar-refractivity contribution in [1.29, 1.82) is 0 Å². The van der Waals surface area contributed by atoms with E-state index in [1.807, 2.05) is 0 Å². The molecule has 1 aromatic rings. The number of rotatable bonds is 3. The van der Waals surface area contributed by atoms with E-state index in [1.165, 1.54) is 33.7 Å². The maximum absolute atomic E-state index is 12.6. The monoisotopic (exact) mass is 346 g/mol. The second-order valence-corrected chi connectivity index (χ2v) is 6.93. The number of carbonyl (C=O) groups is 2. The van der Waals surface area contributed by atoms with Crippen molar-refractivity contribution < 1.29 is 22.8 Å². The first-order valence-corrected chi connectivity index (χ1v) is 7.89. The third-order valence-corrected chi connectivity index (χ3v) is 4.97. The van der Waals surface area contributed by atoms with Crippen LogP contribution in [0.4, 0.5) is 13.2 Å². The van der Waals surface area contributed by atoms with E-state index >= 15 is 0 Å². The van der Waals surface area contributed by atoms with E-state index in [2.05, 4.69) is 0 Å². The number of hydrogen-bond donors (Lipinski definition) is 0. The summed E-state index contributed by atoms with van der Waals surface area (Å²) in [6.07, 6.45) is -4.40. The van der Waals surface area contributed by atoms with Crippen molar-refractivity contribution in [3.05, 3.63) is 35.4 Å². The molecule has 0 aromatic heterocycles. The Morgan fingerprint density at radius 3 is 2.30 bits per heavy atom. The molecule has 1 fully saturated rings. The Bertz CT molecular complexity index is 602. The molecule has 0 spiro atoms. The van der Waals surface area contributed by atoms with Crippen LogP contribution in [0, 0.1) is 0 Å². The molecule has 0 aliphatic carbocycles. The maximum Gasteiger partial charge on any atom is 0.416 e. The highest BCUT2D eigenvalue weighted by Gasteiger charge is 2.40. The van der Waals surface area contributed by atoms with Crippen LogP contribution in [-0.2, 0) is 15.8 Å². The summed E-state index contributed by atoms with van der Waals surface area (Å²) in [5.74, 6) is -0.417.